The van der Waals surface area contributed by atoms with Crippen LogP contribution in [0.5, 0.6) is 0 Å². The fourth-order valence-corrected chi connectivity index (χ4v) is 2.91. The van der Waals surface area contributed by atoms with Crippen molar-refractivity contribution < 1.29 is 14.2 Å². The van der Waals surface area contributed by atoms with Crippen LogP contribution in [0.3, 0.4) is 0 Å². The van der Waals surface area contributed by atoms with E-state index in [2.05, 4.69) is 6.07 Å². The van der Waals surface area contributed by atoms with Gasteiger partial charge >= 0.3 is 0 Å². The summed E-state index contributed by atoms with van der Waals surface area (Å²) >= 11 is 0. The fraction of sp³-hybridized carbons (Fsp3) is 0.933. The molecule has 0 bridgehead atoms. The Morgan fingerprint density at radius 2 is 1.84 bits per heavy atom. The molecule has 2 fully saturated rings. The van der Waals surface area contributed by atoms with E-state index in [0.717, 1.165) is 58.5 Å². The van der Waals surface area contributed by atoms with Crippen molar-refractivity contribution in [1.29, 1.82) is 5.26 Å². The molecule has 1 heterocycles. The zero-order chi connectivity index (χ0) is 13.5. The summed E-state index contributed by atoms with van der Waals surface area (Å²) in [6.45, 7) is 5.17. The largest absolute Gasteiger partial charge is 0.382 e. The van der Waals surface area contributed by atoms with Crippen molar-refractivity contribution in [2.24, 2.45) is 17.8 Å². The van der Waals surface area contributed by atoms with Crippen LogP contribution in [0.15, 0.2) is 0 Å². The number of rotatable bonds is 5. The minimum Gasteiger partial charge on any atom is -0.382 e. The minimum atomic E-state index is -0.0389. The fourth-order valence-electron chi connectivity index (χ4n) is 2.91. The first-order valence-electron chi connectivity index (χ1n) is 7.54. The van der Waals surface area contributed by atoms with E-state index in [0.29, 0.717) is 11.8 Å². The van der Waals surface area contributed by atoms with Crippen LogP contribution in [0.1, 0.15) is 39.0 Å². The summed E-state index contributed by atoms with van der Waals surface area (Å²) in [5, 5.41) is 8.90. The van der Waals surface area contributed by atoms with Gasteiger partial charge in [-0.15, -0.1) is 0 Å². The maximum absolute atomic E-state index is 8.90. The molecule has 0 spiro atoms. The van der Waals surface area contributed by atoms with Gasteiger partial charge in [0.2, 0.25) is 0 Å². The molecule has 4 nitrogen and oxygen atoms in total. The predicted molar refractivity (Wildman–Crippen MR) is 71.4 cm³/mol. The molecular weight excluding hydrogens is 242 g/mol. The highest BCUT2D eigenvalue weighted by atomic mass is 16.7. The van der Waals surface area contributed by atoms with Crippen LogP contribution in [0.25, 0.3) is 0 Å². The lowest BCUT2D eigenvalue weighted by atomic mass is 9.82. The molecule has 4 heteroatoms. The summed E-state index contributed by atoms with van der Waals surface area (Å²) in [7, 11) is 0. The third-order valence-electron chi connectivity index (χ3n) is 4.21. The van der Waals surface area contributed by atoms with Gasteiger partial charge in [-0.1, -0.05) is 0 Å². The van der Waals surface area contributed by atoms with Crippen molar-refractivity contribution in [1.82, 2.24) is 0 Å². The molecule has 1 saturated carbocycles. The summed E-state index contributed by atoms with van der Waals surface area (Å²) in [4.78, 5) is 0. The molecule has 0 amide bonds. The van der Waals surface area contributed by atoms with E-state index < -0.39 is 0 Å². The smallest absolute Gasteiger partial charge is 0.160 e. The van der Waals surface area contributed by atoms with E-state index in [-0.39, 0.29) is 12.2 Å². The molecule has 0 aromatic rings. The lowest BCUT2D eigenvalue weighted by molar-refractivity contribution is -0.230. The van der Waals surface area contributed by atoms with Gasteiger partial charge in [0.25, 0.3) is 0 Å². The highest BCUT2D eigenvalue weighted by molar-refractivity contribution is 4.88. The average molecular weight is 267 g/mol. The highest BCUT2D eigenvalue weighted by Gasteiger charge is 2.32. The second-order valence-corrected chi connectivity index (χ2v) is 5.63. The van der Waals surface area contributed by atoms with E-state index in [1.54, 1.807) is 0 Å². The Morgan fingerprint density at radius 1 is 1.16 bits per heavy atom. The molecule has 19 heavy (non-hydrogen) atoms. The van der Waals surface area contributed by atoms with Crippen molar-refractivity contribution in [3.63, 3.8) is 0 Å². The Kier molecular flexibility index (Phi) is 6.09. The van der Waals surface area contributed by atoms with E-state index in [1.165, 1.54) is 0 Å². The molecule has 0 N–H and O–H groups in total. The topological polar surface area (TPSA) is 51.5 Å². The molecule has 1 aliphatic carbocycles. The summed E-state index contributed by atoms with van der Waals surface area (Å²) in [6.07, 6.45) is 5.10. The number of ether oxygens (including phenoxy) is 3. The van der Waals surface area contributed by atoms with Gasteiger partial charge in [-0.25, -0.2) is 0 Å². The molecule has 108 valence electrons. The zero-order valence-corrected chi connectivity index (χ0v) is 11.8. The first-order valence-corrected chi connectivity index (χ1v) is 7.54. The standard InChI is InChI=1S/C15H25NO3/c1-2-17-8-7-13-10-18-15(19-11-13)14-5-3-12(9-16)4-6-14/h12-15H,2-8,10-11H2,1H3/t12?,13-,14?,15-. The van der Waals surface area contributed by atoms with Crippen LogP contribution >= 0.6 is 0 Å². The van der Waals surface area contributed by atoms with Gasteiger partial charge in [-0.05, 0) is 39.0 Å². The summed E-state index contributed by atoms with van der Waals surface area (Å²) in [6, 6.07) is 2.37. The van der Waals surface area contributed by atoms with Crippen molar-refractivity contribution >= 4 is 0 Å². The number of nitriles is 1. The summed E-state index contributed by atoms with van der Waals surface area (Å²) in [5.41, 5.74) is 0. The molecule has 0 atom stereocenters. The van der Waals surface area contributed by atoms with Gasteiger partial charge in [0.15, 0.2) is 6.29 Å². The van der Waals surface area contributed by atoms with Crippen LogP contribution in [-0.2, 0) is 14.2 Å². The molecule has 0 aromatic heterocycles. The second-order valence-electron chi connectivity index (χ2n) is 5.63. The Bertz CT molecular complexity index is 286. The van der Waals surface area contributed by atoms with Crippen LogP contribution in [0.2, 0.25) is 0 Å². The van der Waals surface area contributed by atoms with Crippen LogP contribution in [0.4, 0.5) is 0 Å². The number of hydrogen-bond acceptors (Lipinski definition) is 4. The molecule has 0 unspecified atom stereocenters. The van der Waals surface area contributed by atoms with Crippen molar-refractivity contribution in [2.75, 3.05) is 26.4 Å². The second kappa shape index (κ2) is 7.84. The Labute approximate surface area is 116 Å². The summed E-state index contributed by atoms with van der Waals surface area (Å²) in [5.74, 6) is 1.20. The van der Waals surface area contributed by atoms with E-state index in [9.17, 15) is 0 Å². The maximum atomic E-state index is 8.90. The van der Waals surface area contributed by atoms with E-state index in [4.69, 9.17) is 19.5 Å². The SMILES string of the molecule is CCOCC[C@H]1CO[C@H](C2CCC(C#N)CC2)OC1. The number of nitrogens with zero attached hydrogens (tertiary/aromatic N) is 1. The molecular formula is C15H25NO3. The molecule has 1 saturated heterocycles. The van der Waals surface area contributed by atoms with Crippen LogP contribution in [0, 0.1) is 29.1 Å². The van der Waals surface area contributed by atoms with Gasteiger partial charge in [0, 0.05) is 31.0 Å². The summed E-state index contributed by atoms with van der Waals surface area (Å²) < 4.78 is 17.1. The first-order chi connectivity index (χ1) is 9.33. The monoisotopic (exact) mass is 267 g/mol. The van der Waals surface area contributed by atoms with Crippen LogP contribution < -0.4 is 0 Å². The highest BCUT2D eigenvalue weighted by Crippen LogP contribution is 2.33. The quantitative estimate of drug-likeness (QED) is 0.719. The molecule has 2 aliphatic rings. The molecule has 1 aliphatic heterocycles. The van der Waals surface area contributed by atoms with Gasteiger partial charge in [0.05, 0.1) is 19.3 Å². The van der Waals surface area contributed by atoms with Crippen molar-refractivity contribution in [2.45, 2.75) is 45.3 Å². The van der Waals surface area contributed by atoms with Gasteiger partial charge < -0.3 is 14.2 Å². The van der Waals surface area contributed by atoms with E-state index in [1.807, 2.05) is 6.92 Å². The lowest BCUT2D eigenvalue weighted by Gasteiger charge is -2.36. The first kappa shape index (κ1) is 14.8. The number of hydrogen-bond donors (Lipinski definition) is 0. The molecule has 0 aromatic carbocycles. The van der Waals surface area contributed by atoms with Crippen molar-refractivity contribution in [3.05, 3.63) is 0 Å². The lowest BCUT2D eigenvalue weighted by Crippen LogP contribution is -2.38. The van der Waals surface area contributed by atoms with Crippen LogP contribution in [-0.4, -0.2) is 32.7 Å². The molecule has 0 radical (unpaired) electrons. The minimum absolute atomic E-state index is 0.0389. The Morgan fingerprint density at radius 3 is 2.42 bits per heavy atom. The van der Waals surface area contributed by atoms with Gasteiger partial charge in [-0.3, -0.25) is 0 Å². The van der Waals surface area contributed by atoms with Gasteiger partial charge in [-0.2, -0.15) is 5.26 Å². The van der Waals surface area contributed by atoms with Crippen molar-refractivity contribution in [3.8, 4) is 6.07 Å². The third-order valence-corrected chi connectivity index (χ3v) is 4.21. The third kappa shape index (κ3) is 4.45. The maximum Gasteiger partial charge on any atom is 0.160 e. The molecule has 2 rings (SSSR count). The van der Waals surface area contributed by atoms with E-state index >= 15 is 0 Å². The Balaban J connectivity index is 1.65. The zero-order valence-electron chi connectivity index (χ0n) is 11.8. The van der Waals surface area contributed by atoms with Gasteiger partial charge in [0.1, 0.15) is 0 Å². The normalized spacial score (nSPS) is 35.8. The Hall–Kier alpha value is -0.630. The predicted octanol–water partition coefficient (Wildman–Crippen LogP) is 2.73. The average Bonchev–Trinajstić information content (AvgIpc) is 2.48.